The molecule has 2 aromatic heterocycles. The van der Waals surface area contributed by atoms with E-state index < -0.39 is 0 Å². The minimum atomic E-state index is 0.436. The van der Waals surface area contributed by atoms with Crippen molar-refractivity contribution in [2.75, 3.05) is 19.6 Å². The molecular weight excluding hydrogens is 292 g/mol. The molecule has 0 spiro atoms. The number of nitrogens with one attached hydrogen (secondary N) is 1. The third-order valence-corrected chi connectivity index (χ3v) is 5.97. The smallest absolute Gasteiger partial charge is 0.0959 e. The zero-order chi connectivity index (χ0) is 14.8. The standard InChI is InChI=1S/C17H22N4S/c1-2-14(3-1)17-20-10-15(22-17)12-21-9-8-19-11-16(21)13-4-6-18-7-5-13/h4-7,10,14,16,19H,1-3,8-9,11-12H2. The van der Waals surface area contributed by atoms with Crippen molar-refractivity contribution in [1.82, 2.24) is 20.2 Å². The Morgan fingerprint density at radius 1 is 1.27 bits per heavy atom. The summed E-state index contributed by atoms with van der Waals surface area (Å²) < 4.78 is 0. The summed E-state index contributed by atoms with van der Waals surface area (Å²) >= 11 is 1.92. The Bertz CT molecular complexity index is 608. The molecule has 1 saturated carbocycles. The number of thiazole rings is 1. The summed E-state index contributed by atoms with van der Waals surface area (Å²) in [5.74, 6) is 0.748. The van der Waals surface area contributed by atoms with Gasteiger partial charge < -0.3 is 5.32 Å². The molecule has 1 aliphatic heterocycles. The number of hydrogen-bond acceptors (Lipinski definition) is 5. The zero-order valence-electron chi connectivity index (χ0n) is 12.7. The molecular formula is C17H22N4S. The Labute approximate surface area is 135 Å². The van der Waals surface area contributed by atoms with E-state index in [2.05, 4.69) is 38.5 Å². The minimum Gasteiger partial charge on any atom is -0.314 e. The summed E-state index contributed by atoms with van der Waals surface area (Å²) in [4.78, 5) is 12.8. The van der Waals surface area contributed by atoms with Crippen LogP contribution in [0.5, 0.6) is 0 Å². The van der Waals surface area contributed by atoms with Gasteiger partial charge in [0.2, 0.25) is 0 Å². The van der Waals surface area contributed by atoms with Crippen molar-refractivity contribution in [2.24, 2.45) is 0 Å². The second kappa shape index (κ2) is 6.44. The van der Waals surface area contributed by atoms with Crippen LogP contribution in [0.4, 0.5) is 0 Å². The van der Waals surface area contributed by atoms with E-state index in [4.69, 9.17) is 0 Å². The fourth-order valence-electron chi connectivity index (χ4n) is 3.29. The van der Waals surface area contributed by atoms with Gasteiger partial charge in [0, 0.05) is 61.6 Å². The van der Waals surface area contributed by atoms with Gasteiger partial charge in [-0.3, -0.25) is 9.88 Å². The van der Waals surface area contributed by atoms with Crippen molar-refractivity contribution in [3.8, 4) is 0 Å². The van der Waals surface area contributed by atoms with Gasteiger partial charge in [-0.25, -0.2) is 4.98 Å². The van der Waals surface area contributed by atoms with E-state index in [1.165, 1.54) is 34.7 Å². The Morgan fingerprint density at radius 3 is 2.91 bits per heavy atom. The summed E-state index contributed by atoms with van der Waals surface area (Å²) in [6.45, 7) is 4.18. The first-order valence-corrected chi connectivity index (χ1v) is 9.01. The molecule has 2 aromatic rings. The van der Waals surface area contributed by atoms with Crippen LogP contribution in [0.2, 0.25) is 0 Å². The molecule has 5 heteroatoms. The zero-order valence-corrected chi connectivity index (χ0v) is 13.6. The molecule has 1 atom stereocenters. The molecule has 0 amide bonds. The molecule has 2 fully saturated rings. The van der Waals surface area contributed by atoms with E-state index in [0.29, 0.717) is 6.04 Å². The molecule has 1 aliphatic carbocycles. The average molecular weight is 314 g/mol. The van der Waals surface area contributed by atoms with Gasteiger partial charge in [-0.15, -0.1) is 11.3 Å². The monoisotopic (exact) mass is 314 g/mol. The number of aromatic nitrogens is 2. The minimum absolute atomic E-state index is 0.436. The van der Waals surface area contributed by atoms with Gasteiger partial charge in [-0.2, -0.15) is 0 Å². The van der Waals surface area contributed by atoms with Crippen LogP contribution in [-0.2, 0) is 6.54 Å². The first kappa shape index (κ1) is 14.3. The van der Waals surface area contributed by atoms with E-state index in [1.807, 2.05) is 23.7 Å². The highest BCUT2D eigenvalue weighted by Crippen LogP contribution is 2.38. The van der Waals surface area contributed by atoms with Gasteiger partial charge in [0.15, 0.2) is 0 Å². The van der Waals surface area contributed by atoms with Crippen LogP contribution in [0.25, 0.3) is 0 Å². The van der Waals surface area contributed by atoms with Crippen molar-refractivity contribution in [1.29, 1.82) is 0 Å². The third kappa shape index (κ3) is 2.93. The Morgan fingerprint density at radius 2 is 2.14 bits per heavy atom. The highest BCUT2D eigenvalue weighted by molar-refractivity contribution is 7.11. The highest BCUT2D eigenvalue weighted by Gasteiger charge is 2.26. The van der Waals surface area contributed by atoms with Crippen molar-refractivity contribution < 1.29 is 0 Å². The summed E-state index contributed by atoms with van der Waals surface area (Å²) in [5, 5.41) is 4.87. The van der Waals surface area contributed by atoms with E-state index >= 15 is 0 Å². The maximum absolute atomic E-state index is 4.67. The lowest BCUT2D eigenvalue weighted by Gasteiger charge is -2.36. The fraction of sp³-hybridized carbons (Fsp3) is 0.529. The van der Waals surface area contributed by atoms with Gasteiger partial charge in [0.1, 0.15) is 0 Å². The van der Waals surface area contributed by atoms with Crippen LogP contribution in [0, 0.1) is 0 Å². The van der Waals surface area contributed by atoms with E-state index in [0.717, 1.165) is 32.1 Å². The highest BCUT2D eigenvalue weighted by atomic mass is 32.1. The van der Waals surface area contributed by atoms with Crippen molar-refractivity contribution in [3.63, 3.8) is 0 Å². The van der Waals surface area contributed by atoms with Gasteiger partial charge >= 0.3 is 0 Å². The molecule has 1 unspecified atom stereocenters. The molecule has 22 heavy (non-hydrogen) atoms. The van der Waals surface area contributed by atoms with Crippen LogP contribution in [0.15, 0.2) is 30.7 Å². The Kier molecular flexibility index (Phi) is 4.19. The van der Waals surface area contributed by atoms with Crippen LogP contribution in [0.1, 0.15) is 46.7 Å². The molecule has 2 aliphatic rings. The largest absolute Gasteiger partial charge is 0.314 e. The predicted molar refractivity (Wildman–Crippen MR) is 89.0 cm³/mol. The molecule has 116 valence electrons. The topological polar surface area (TPSA) is 41.0 Å². The molecule has 1 saturated heterocycles. The molecule has 4 nitrogen and oxygen atoms in total. The number of hydrogen-bond donors (Lipinski definition) is 1. The number of nitrogens with zero attached hydrogens (tertiary/aromatic N) is 3. The van der Waals surface area contributed by atoms with Gasteiger partial charge in [-0.05, 0) is 30.5 Å². The van der Waals surface area contributed by atoms with Crippen LogP contribution < -0.4 is 5.32 Å². The summed E-state index contributed by atoms with van der Waals surface area (Å²) in [6, 6.07) is 4.71. The van der Waals surface area contributed by atoms with Gasteiger partial charge in [0.05, 0.1) is 5.01 Å². The lowest BCUT2D eigenvalue weighted by atomic mass is 9.86. The van der Waals surface area contributed by atoms with Crippen molar-refractivity contribution in [3.05, 3.63) is 46.2 Å². The Balaban J connectivity index is 1.48. The maximum atomic E-state index is 4.67. The predicted octanol–water partition coefficient (Wildman–Crippen LogP) is 2.95. The lowest BCUT2D eigenvalue weighted by molar-refractivity contribution is 0.155. The molecule has 0 radical (unpaired) electrons. The third-order valence-electron chi connectivity index (χ3n) is 4.83. The quantitative estimate of drug-likeness (QED) is 0.942. The lowest BCUT2D eigenvalue weighted by Crippen LogP contribution is -2.45. The second-order valence-electron chi connectivity index (χ2n) is 6.26. The molecule has 3 heterocycles. The number of pyridine rings is 1. The van der Waals surface area contributed by atoms with E-state index in [-0.39, 0.29) is 0 Å². The van der Waals surface area contributed by atoms with Crippen LogP contribution >= 0.6 is 11.3 Å². The summed E-state index contributed by atoms with van der Waals surface area (Å²) in [6.07, 6.45) is 9.93. The molecule has 4 rings (SSSR count). The number of rotatable bonds is 4. The molecule has 0 bridgehead atoms. The maximum Gasteiger partial charge on any atom is 0.0959 e. The number of piperazine rings is 1. The van der Waals surface area contributed by atoms with Crippen molar-refractivity contribution in [2.45, 2.75) is 37.8 Å². The SMILES string of the molecule is c1cc(C2CNCCN2Cc2cnc(C3CCC3)s2)ccn1. The van der Waals surface area contributed by atoms with Crippen LogP contribution in [0.3, 0.4) is 0 Å². The van der Waals surface area contributed by atoms with E-state index in [9.17, 15) is 0 Å². The summed E-state index contributed by atoms with van der Waals surface area (Å²) in [7, 11) is 0. The van der Waals surface area contributed by atoms with Gasteiger partial charge in [0.25, 0.3) is 0 Å². The van der Waals surface area contributed by atoms with Crippen LogP contribution in [-0.4, -0.2) is 34.5 Å². The second-order valence-corrected chi connectivity index (χ2v) is 7.41. The molecule has 0 aromatic carbocycles. The van der Waals surface area contributed by atoms with Gasteiger partial charge in [-0.1, -0.05) is 6.42 Å². The summed E-state index contributed by atoms with van der Waals surface area (Å²) in [5.41, 5.74) is 1.35. The average Bonchev–Trinajstić information content (AvgIpc) is 2.95. The Hall–Kier alpha value is -1.30. The van der Waals surface area contributed by atoms with E-state index in [1.54, 1.807) is 0 Å². The fourth-order valence-corrected chi connectivity index (χ4v) is 4.40. The first-order chi connectivity index (χ1) is 10.9. The normalized spacial score (nSPS) is 23.4. The molecule has 1 N–H and O–H groups in total. The first-order valence-electron chi connectivity index (χ1n) is 8.19. The van der Waals surface area contributed by atoms with Crippen molar-refractivity contribution >= 4 is 11.3 Å².